The van der Waals surface area contributed by atoms with Crippen molar-refractivity contribution in [2.45, 2.75) is 19.9 Å². The van der Waals surface area contributed by atoms with Gasteiger partial charge in [-0.15, -0.1) is 0 Å². The molecule has 0 atom stereocenters. The third-order valence-electron chi connectivity index (χ3n) is 2.71. The Morgan fingerprint density at radius 3 is 2.82 bits per heavy atom. The number of aromatic nitrogens is 3. The van der Waals surface area contributed by atoms with Crippen molar-refractivity contribution in [1.29, 1.82) is 0 Å². The largest absolute Gasteiger partial charge is 0.461 e. The average molecular weight is 227 g/mol. The van der Waals surface area contributed by atoms with E-state index < -0.39 is 0 Å². The number of nitrogens with zero attached hydrogens (tertiary/aromatic N) is 3. The Kier molecular flexibility index (Phi) is 2.21. The minimum atomic E-state index is 0.287. The average Bonchev–Trinajstić information content (AvgIpc) is 2.95. The molecule has 0 radical (unpaired) electrons. The normalized spacial score (nSPS) is 11.5. The van der Waals surface area contributed by atoms with E-state index in [9.17, 15) is 0 Å². The van der Waals surface area contributed by atoms with Crippen molar-refractivity contribution in [2.24, 2.45) is 0 Å². The van der Waals surface area contributed by atoms with Gasteiger partial charge in [-0.05, 0) is 38.1 Å². The molecule has 0 aromatic carbocycles. The number of hydrogen-bond donors (Lipinski definition) is 0. The van der Waals surface area contributed by atoms with Gasteiger partial charge in [0.2, 0.25) is 0 Å². The van der Waals surface area contributed by atoms with E-state index >= 15 is 0 Å². The van der Waals surface area contributed by atoms with E-state index in [-0.39, 0.29) is 6.04 Å². The van der Waals surface area contributed by atoms with Gasteiger partial charge < -0.3 is 8.98 Å². The molecule has 0 fully saturated rings. The summed E-state index contributed by atoms with van der Waals surface area (Å²) in [6, 6.07) is 7.93. The quantitative estimate of drug-likeness (QED) is 0.674. The lowest BCUT2D eigenvalue weighted by molar-refractivity contribution is 0.556. The Balaban J connectivity index is 2.34. The first kappa shape index (κ1) is 10.1. The van der Waals surface area contributed by atoms with Crippen LogP contribution in [0.2, 0.25) is 0 Å². The molecule has 86 valence electrons. The fourth-order valence-corrected chi connectivity index (χ4v) is 2.00. The van der Waals surface area contributed by atoms with Crippen LogP contribution in [0.1, 0.15) is 19.9 Å². The Morgan fingerprint density at radius 2 is 2.12 bits per heavy atom. The van der Waals surface area contributed by atoms with Crippen LogP contribution < -0.4 is 0 Å². The van der Waals surface area contributed by atoms with Crippen molar-refractivity contribution in [3.05, 3.63) is 36.7 Å². The van der Waals surface area contributed by atoms with Crippen LogP contribution in [-0.4, -0.2) is 14.5 Å². The van der Waals surface area contributed by atoms with Crippen LogP contribution >= 0.6 is 0 Å². The van der Waals surface area contributed by atoms with Crippen molar-refractivity contribution in [1.82, 2.24) is 14.5 Å². The molecular weight excluding hydrogens is 214 g/mol. The standard InChI is InChI=1S/C13H13N3O/c1-9(2)16-12-10(5-3-7-14-12)15-13(16)11-6-4-8-17-11/h3-9H,1-2H3. The Bertz CT molecular complexity index is 638. The van der Waals surface area contributed by atoms with E-state index in [1.165, 1.54) is 0 Å². The topological polar surface area (TPSA) is 43.9 Å². The molecule has 4 heteroatoms. The summed E-state index contributed by atoms with van der Waals surface area (Å²) < 4.78 is 7.52. The summed E-state index contributed by atoms with van der Waals surface area (Å²) in [7, 11) is 0. The molecule has 0 aliphatic carbocycles. The van der Waals surface area contributed by atoms with Crippen molar-refractivity contribution in [3.63, 3.8) is 0 Å². The maximum atomic E-state index is 5.43. The number of furan rings is 1. The van der Waals surface area contributed by atoms with E-state index in [4.69, 9.17) is 4.42 Å². The van der Waals surface area contributed by atoms with Gasteiger partial charge in [-0.1, -0.05) is 0 Å². The lowest BCUT2D eigenvalue weighted by Crippen LogP contribution is -2.03. The van der Waals surface area contributed by atoms with Crippen LogP contribution in [-0.2, 0) is 0 Å². The minimum Gasteiger partial charge on any atom is -0.461 e. The molecule has 0 unspecified atom stereocenters. The molecule has 3 rings (SSSR count). The van der Waals surface area contributed by atoms with Gasteiger partial charge in [-0.2, -0.15) is 0 Å². The number of rotatable bonds is 2. The number of hydrogen-bond acceptors (Lipinski definition) is 3. The Labute approximate surface area is 98.9 Å². The van der Waals surface area contributed by atoms with Gasteiger partial charge in [0.1, 0.15) is 5.52 Å². The number of imidazole rings is 1. The second-order valence-corrected chi connectivity index (χ2v) is 4.22. The highest BCUT2D eigenvalue weighted by molar-refractivity contribution is 5.76. The van der Waals surface area contributed by atoms with E-state index in [1.54, 1.807) is 12.5 Å². The van der Waals surface area contributed by atoms with Crippen molar-refractivity contribution >= 4 is 11.2 Å². The predicted molar refractivity (Wildman–Crippen MR) is 65.6 cm³/mol. The van der Waals surface area contributed by atoms with Gasteiger partial charge in [-0.3, -0.25) is 0 Å². The third-order valence-corrected chi connectivity index (χ3v) is 2.71. The van der Waals surface area contributed by atoms with Crippen LogP contribution in [0.25, 0.3) is 22.7 Å². The summed E-state index contributed by atoms with van der Waals surface area (Å²) in [6.07, 6.45) is 3.45. The first-order valence-corrected chi connectivity index (χ1v) is 5.64. The van der Waals surface area contributed by atoms with E-state index in [0.717, 1.165) is 22.7 Å². The van der Waals surface area contributed by atoms with Gasteiger partial charge in [0.05, 0.1) is 6.26 Å². The fourth-order valence-electron chi connectivity index (χ4n) is 2.00. The van der Waals surface area contributed by atoms with Crippen LogP contribution in [0.4, 0.5) is 0 Å². The lowest BCUT2D eigenvalue weighted by Gasteiger charge is -2.10. The van der Waals surface area contributed by atoms with Crippen molar-refractivity contribution in [2.75, 3.05) is 0 Å². The highest BCUT2D eigenvalue weighted by Crippen LogP contribution is 2.27. The molecule has 0 amide bonds. The van der Waals surface area contributed by atoms with Gasteiger partial charge >= 0.3 is 0 Å². The van der Waals surface area contributed by atoms with Crippen molar-refractivity contribution in [3.8, 4) is 11.6 Å². The van der Waals surface area contributed by atoms with E-state index in [1.807, 2.05) is 24.3 Å². The van der Waals surface area contributed by atoms with Crippen molar-refractivity contribution < 1.29 is 4.42 Å². The first-order chi connectivity index (χ1) is 8.27. The lowest BCUT2D eigenvalue weighted by atomic mass is 10.3. The molecule has 3 heterocycles. The fraction of sp³-hybridized carbons (Fsp3) is 0.231. The molecule has 0 N–H and O–H groups in total. The Morgan fingerprint density at radius 1 is 1.24 bits per heavy atom. The van der Waals surface area contributed by atoms with Crippen LogP contribution in [0.5, 0.6) is 0 Å². The molecule has 3 aromatic heterocycles. The zero-order valence-corrected chi connectivity index (χ0v) is 9.79. The highest BCUT2D eigenvalue weighted by Gasteiger charge is 2.16. The summed E-state index contributed by atoms with van der Waals surface area (Å²) in [4.78, 5) is 8.97. The second kappa shape index (κ2) is 3.73. The summed E-state index contributed by atoms with van der Waals surface area (Å²) >= 11 is 0. The van der Waals surface area contributed by atoms with Crippen LogP contribution in [0, 0.1) is 0 Å². The zero-order chi connectivity index (χ0) is 11.8. The van der Waals surface area contributed by atoms with Gasteiger partial charge in [0.25, 0.3) is 0 Å². The number of pyridine rings is 1. The highest BCUT2D eigenvalue weighted by atomic mass is 16.3. The molecule has 3 aromatic rings. The minimum absolute atomic E-state index is 0.287. The summed E-state index contributed by atoms with van der Waals surface area (Å²) in [5.74, 6) is 1.61. The summed E-state index contributed by atoms with van der Waals surface area (Å²) in [5.41, 5.74) is 1.79. The summed E-state index contributed by atoms with van der Waals surface area (Å²) in [5, 5.41) is 0. The van der Waals surface area contributed by atoms with Crippen LogP contribution in [0.15, 0.2) is 41.1 Å². The maximum Gasteiger partial charge on any atom is 0.178 e. The SMILES string of the molecule is CC(C)n1c(-c2ccco2)nc2cccnc21. The molecule has 0 saturated carbocycles. The maximum absolute atomic E-state index is 5.43. The van der Waals surface area contributed by atoms with Gasteiger partial charge in [0, 0.05) is 12.2 Å². The smallest absolute Gasteiger partial charge is 0.178 e. The van der Waals surface area contributed by atoms with E-state index in [0.29, 0.717) is 0 Å². The molecular formula is C13H13N3O. The predicted octanol–water partition coefficient (Wildman–Crippen LogP) is 3.27. The van der Waals surface area contributed by atoms with Crippen LogP contribution in [0.3, 0.4) is 0 Å². The molecule has 0 aliphatic heterocycles. The Hall–Kier alpha value is -2.10. The van der Waals surface area contributed by atoms with E-state index in [2.05, 4.69) is 28.4 Å². The number of fused-ring (bicyclic) bond motifs is 1. The third kappa shape index (κ3) is 1.53. The molecule has 17 heavy (non-hydrogen) atoms. The van der Waals surface area contributed by atoms with Gasteiger partial charge in [-0.25, -0.2) is 9.97 Å². The molecule has 0 saturated heterocycles. The molecule has 0 aliphatic rings. The first-order valence-electron chi connectivity index (χ1n) is 5.64. The monoisotopic (exact) mass is 227 g/mol. The summed E-state index contributed by atoms with van der Waals surface area (Å²) in [6.45, 7) is 4.23. The molecule has 0 bridgehead atoms. The van der Waals surface area contributed by atoms with Gasteiger partial charge in [0.15, 0.2) is 17.2 Å². The zero-order valence-electron chi connectivity index (χ0n) is 9.79. The second-order valence-electron chi connectivity index (χ2n) is 4.22. The molecule has 4 nitrogen and oxygen atoms in total. The molecule has 0 spiro atoms.